The van der Waals surface area contributed by atoms with Gasteiger partial charge in [0, 0.05) is 59.2 Å². The number of aromatic nitrogens is 8. The number of rotatable bonds is 9. The van der Waals surface area contributed by atoms with Crippen molar-refractivity contribution in [1.29, 1.82) is 0 Å². The van der Waals surface area contributed by atoms with Gasteiger partial charge in [-0.3, -0.25) is 9.59 Å². The minimum Gasteiger partial charge on any atom is -0.327 e. The molecule has 0 bridgehead atoms. The molecular formula is C50H52ClF2N11O2S2. The molecule has 0 aliphatic carbocycles. The zero-order valence-corrected chi connectivity index (χ0v) is 40.8. The summed E-state index contributed by atoms with van der Waals surface area (Å²) in [5.41, 5.74) is 4.67. The smallest absolute Gasteiger partial charge is 0.254 e. The molecule has 2 atom stereocenters. The average molecular weight is 977 g/mol. The van der Waals surface area contributed by atoms with Crippen molar-refractivity contribution in [1.82, 2.24) is 54.6 Å². The molecule has 0 saturated heterocycles. The second kappa shape index (κ2) is 23.6. The molecule has 1 amide bonds. The Morgan fingerprint density at radius 1 is 0.647 bits per heavy atom. The standard InChI is InChI=1S/C22H18FN5OS.C15H15N5S.C7H4ClFO.C6H15N/c1-14-19-25-26-20(18-13-30-21(24-18)15-5-3-2-4-6-15)28(19)12-11-27(14)22(29)16-7-9-17(23)10-8-16;1-10-13-18-19-14(20(13)8-7-16-10)12-9-21-15(17-12)11-5-3-2-4-6-11;8-7(10)5-1-3-6(9)4-2-5;1-4-7(5-2)6-3/h2-10,13-14H,11-12H2,1H3;2-6,9-10,16H,7-8H2,1H3;1-4H;4-6H2,1-3H3/t14-;10-;;/m11../s1. The van der Waals surface area contributed by atoms with E-state index in [2.05, 4.69) is 80.4 Å². The fourth-order valence-electron chi connectivity index (χ4n) is 7.57. The molecule has 0 spiro atoms. The number of carbonyl (C=O) groups excluding carboxylic acids is 2. The van der Waals surface area contributed by atoms with Gasteiger partial charge in [0.05, 0.1) is 12.1 Å². The lowest BCUT2D eigenvalue weighted by atomic mass is 10.1. The number of carbonyl (C=O) groups is 2. The summed E-state index contributed by atoms with van der Waals surface area (Å²) in [5.74, 6) is 2.42. The number of hydrogen-bond acceptors (Lipinski definition) is 12. The van der Waals surface area contributed by atoms with Gasteiger partial charge < -0.3 is 24.3 Å². The maximum atomic E-state index is 13.2. The summed E-state index contributed by atoms with van der Waals surface area (Å²) >= 11 is 8.31. The first kappa shape index (κ1) is 49.5. The van der Waals surface area contributed by atoms with Crippen LogP contribution in [0.15, 0.2) is 120 Å². The van der Waals surface area contributed by atoms with Crippen molar-refractivity contribution < 1.29 is 18.4 Å². The quantitative estimate of drug-likeness (QED) is 0.139. The Kier molecular flexibility index (Phi) is 17.2. The topological polar surface area (TPSA) is 140 Å². The summed E-state index contributed by atoms with van der Waals surface area (Å²) in [6, 6.07) is 30.9. The molecular weight excluding hydrogens is 924 g/mol. The van der Waals surface area contributed by atoms with Crippen LogP contribution < -0.4 is 5.32 Å². The Balaban J connectivity index is 0.000000155. The molecule has 8 aromatic rings. The molecule has 2 aliphatic rings. The van der Waals surface area contributed by atoms with Gasteiger partial charge >= 0.3 is 0 Å². The number of benzene rings is 4. The van der Waals surface area contributed by atoms with Crippen molar-refractivity contribution in [3.8, 4) is 44.2 Å². The number of amides is 1. The van der Waals surface area contributed by atoms with Crippen molar-refractivity contribution in [2.75, 3.05) is 32.7 Å². The predicted molar refractivity (Wildman–Crippen MR) is 265 cm³/mol. The van der Waals surface area contributed by atoms with Crippen molar-refractivity contribution in [2.45, 2.75) is 59.8 Å². The summed E-state index contributed by atoms with van der Waals surface area (Å²) in [4.78, 5) is 36.9. The number of fused-ring (bicyclic) bond motifs is 2. The van der Waals surface area contributed by atoms with Crippen LogP contribution >= 0.6 is 34.3 Å². The lowest BCUT2D eigenvalue weighted by Gasteiger charge is -2.33. The predicted octanol–water partition coefficient (Wildman–Crippen LogP) is 10.7. The second-order valence-corrected chi connectivity index (χ2v) is 17.7. The van der Waals surface area contributed by atoms with E-state index in [0.717, 1.165) is 63.1 Å². The average Bonchev–Trinajstić information content (AvgIpc) is 4.21. The molecule has 10 rings (SSSR count). The third-order valence-corrected chi connectivity index (χ3v) is 13.4. The third kappa shape index (κ3) is 12.0. The SMILES string of the molecule is CCN(CC)CC.C[C@@H]1c2nnc(-c3csc(-c4ccccc4)n3)n2CCN1C(=O)c1ccc(F)cc1.C[C@H]1NCCn2c(-c3csc(-c4ccccc4)n3)nnc21.O=C(Cl)c1ccc(F)cc1. The lowest BCUT2D eigenvalue weighted by molar-refractivity contribution is 0.0638. The van der Waals surface area contributed by atoms with Gasteiger partial charge in [0.2, 0.25) is 0 Å². The summed E-state index contributed by atoms with van der Waals surface area (Å²) < 4.78 is 29.6. The van der Waals surface area contributed by atoms with Crippen LogP contribution in [0.5, 0.6) is 0 Å². The summed E-state index contributed by atoms with van der Waals surface area (Å²) in [7, 11) is 0. The van der Waals surface area contributed by atoms with Gasteiger partial charge in [-0.25, -0.2) is 18.7 Å². The second-order valence-electron chi connectivity index (χ2n) is 15.6. The van der Waals surface area contributed by atoms with Crippen LogP contribution in [0.25, 0.3) is 44.2 Å². The Morgan fingerprint density at radius 2 is 1.12 bits per heavy atom. The summed E-state index contributed by atoms with van der Waals surface area (Å²) in [6.45, 7) is 17.1. The molecule has 352 valence electrons. The minimum absolute atomic E-state index is 0.140. The van der Waals surface area contributed by atoms with Gasteiger partial charge in [-0.05, 0) is 93.6 Å². The molecule has 0 radical (unpaired) electrons. The van der Waals surface area contributed by atoms with E-state index < -0.39 is 5.24 Å². The van der Waals surface area contributed by atoms with E-state index in [1.54, 1.807) is 27.6 Å². The van der Waals surface area contributed by atoms with Crippen LogP contribution in [0, 0.1) is 11.6 Å². The van der Waals surface area contributed by atoms with Gasteiger partial charge in [0.1, 0.15) is 38.9 Å². The highest BCUT2D eigenvalue weighted by Crippen LogP contribution is 2.33. The third-order valence-electron chi connectivity index (χ3n) is 11.4. The Labute approximate surface area is 407 Å². The Bertz CT molecular complexity index is 2860. The molecule has 68 heavy (non-hydrogen) atoms. The van der Waals surface area contributed by atoms with E-state index in [4.69, 9.17) is 21.6 Å². The number of halogens is 3. The molecule has 6 heterocycles. The number of hydrogen-bond donors (Lipinski definition) is 1. The molecule has 18 heteroatoms. The fraction of sp³-hybridized carbons (Fsp3) is 0.280. The lowest BCUT2D eigenvalue weighted by Crippen LogP contribution is -2.41. The monoisotopic (exact) mass is 975 g/mol. The van der Waals surface area contributed by atoms with E-state index in [-0.39, 0.29) is 29.6 Å². The molecule has 1 N–H and O–H groups in total. The molecule has 0 saturated carbocycles. The molecule has 2 aliphatic heterocycles. The van der Waals surface area contributed by atoms with E-state index in [1.165, 1.54) is 68.2 Å². The fourth-order valence-corrected chi connectivity index (χ4v) is 9.31. The highest BCUT2D eigenvalue weighted by atomic mass is 35.5. The van der Waals surface area contributed by atoms with Crippen molar-refractivity contribution in [2.24, 2.45) is 0 Å². The number of nitrogens with zero attached hydrogens (tertiary/aromatic N) is 10. The van der Waals surface area contributed by atoms with Crippen LogP contribution in [0.3, 0.4) is 0 Å². The van der Waals surface area contributed by atoms with Crippen molar-refractivity contribution in [3.63, 3.8) is 0 Å². The van der Waals surface area contributed by atoms with Crippen molar-refractivity contribution in [3.05, 3.63) is 154 Å². The van der Waals surface area contributed by atoms with Crippen LogP contribution in [0.1, 0.15) is 79.1 Å². The zero-order chi connectivity index (χ0) is 48.2. The largest absolute Gasteiger partial charge is 0.327 e. The van der Waals surface area contributed by atoms with Gasteiger partial charge in [-0.15, -0.1) is 43.1 Å². The maximum Gasteiger partial charge on any atom is 0.254 e. The number of thiazole rings is 2. The van der Waals surface area contributed by atoms with E-state index in [9.17, 15) is 18.4 Å². The van der Waals surface area contributed by atoms with Crippen LogP contribution in [0.2, 0.25) is 0 Å². The normalized spacial score (nSPS) is 14.9. The van der Waals surface area contributed by atoms with Crippen LogP contribution in [0.4, 0.5) is 8.78 Å². The van der Waals surface area contributed by atoms with Gasteiger partial charge in [-0.2, -0.15) is 0 Å². The first-order chi connectivity index (χ1) is 33.0. The van der Waals surface area contributed by atoms with E-state index in [1.807, 2.05) is 65.4 Å². The molecule has 0 unspecified atom stereocenters. The molecule has 4 aromatic carbocycles. The van der Waals surface area contributed by atoms with Gasteiger partial charge in [0.15, 0.2) is 17.5 Å². The first-order valence-electron chi connectivity index (χ1n) is 22.4. The maximum absolute atomic E-state index is 13.2. The Hall–Kier alpha value is -6.37. The molecule has 0 fully saturated rings. The number of nitrogens with one attached hydrogen (secondary N) is 1. The highest BCUT2D eigenvalue weighted by Gasteiger charge is 2.32. The first-order valence-corrected chi connectivity index (χ1v) is 24.5. The Morgan fingerprint density at radius 3 is 1.59 bits per heavy atom. The van der Waals surface area contributed by atoms with Gasteiger partial charge in [0.25, 0.3) is 11.1 Å². The zero-order valence-electron chi connectivity index (χ0n) is 38.4. The molecule has 4 aromatic heterocycles. The molecule has 13 nitrogen and oxygen atoms in total. The van der Waals surface area contributed by atoms with Crippen LogP contribution in [-0.2, 0) is 13.1 Å². The summed E-state index contributed by atoms with van der Waals surface area (Å²) in [5, 5.41) is 26.2. The highest BCUT2D eigenvalue weighted by molar-refractivity contribution is 7.13. The van der Waals surface area contributed by atoms with Crippen molar-refractivity contribution >= 4 is 45.4 Å². The van der Waals surface area contributed by atoms with Crippen LogP contribution in [-0.4, -0.2) is 93.2 Å². The summed E-state index contributed by atoms with van der Waals surface area (Å²) in [6.07, 6.45) is 0. The van der Waals surface area contributed by atoms with E-state index >= 15 is 0 Å². The minimum atomic E-state index is -0.569. The van der Waals surface area contributed by atoms with Gasteiger partial charge in [-0.1, -0.05) is 81.4 Å². The van der Waals surface area contributed by atoms with E-state index in [0.29, 0.717) is 30.0 Å².